The van der Waals surface area contributed by atoms with Crippen LogP contribution in [0.2, 0.25) is 0 Å². The summed E-state index contributed by atoms with van der Waals surface area (Å²) in [7, 11) is 0. The molecule has 6 aliphatic carbocycles. The van der Waals surface area contributed by atoms with Gasteiger partial charge in [0.15, 0.2) is 0 Å². The van der Waals surface area contributed by atoms with Gasteiger partial charge in [0, 0.05) is 0 Å². The van der Waals surface area contributed by atoms with Gasteiger partial charge in [-0.25, -0.2) is 0 Å². The van der Waals surface area contributed by atoms with E-state index in [1.807, 2.05) is 0 Å². The summed E-state index contributed by atoms with van der Waals surface area (Å²) >= 11 is 0. The fraction of sp³-hybridized carbons (Fsp3) is 1.00. The Morgan fingerprint density at radius 2 is 1.21 bits per heavy atom. The van der Waals surface area contributed by atoms with Gasteiger partial charge in [0.1, 0.15) is 0 Å². The Kier molecular flexibility index (Phi) is 0.758. The van der Waals surface area contributed by atoms with Crippen molar-refractivity contribution in [2.75, 3.05) is 0 Å². The highest BCUT2D eigenvalue weighted by Crippen LogP contribution is 2.85. The molecule has 0 nitrogen and oxygen atoms in total. The first-order chi connectivity index (χ1) is 6.93. The zero-order valence-corrected chi connectivity index (χ0v) is 8.60. The van der Waals surface area contributed by atoms with Crippen LogP contribution in [0.5, 0.6) is 0 Å². The molecule has 0 radical (unpaired) electrons. The summed E-state index contributed by atoms with van der Waals surface area (Å²) in [5, 5.41) is 0. The van der Waals surface area contributed by atoms with Crippen molar-refractivity contribution in [2.24, 2.45) is 59.2 Å². The molecule has 74 valence electrons. The molecule has 2 bridgehead atoms. The van der Waals surface area contributed by atoms with E-state index in [2.05, 4.69) is 0 Å². The highest BCUT2D eigenvalue weighted by Gasteiger charge is 2.80. The average Bonchev–Trinajstić information content (AvgIpc) is 2.54. The molecule has 0 aliphatic heterocycles. The molecular formula is C14H18. The van der Waals surface area contributed by atoms with E-state index in [0.29, 0.717) is 0 Å². The fourth-order valence-corrected chi connectivity index (χ4v) is 7.62. The summed E-state index contributed by atoms with van der Waals surface area (Å²) in [6, 6.07) is 0. The van der Waals surface area contributed by atoms with E-state index >= 15 is 0 Å². The molecule has 0 amide bonds. The largest absolute Gasteiger partial charge is 0.0473 e. The molecule has 10 atom stereocenters. The molecule has 0 aromatic heterocycles. The molecule has 6 fully saturated rings. The van der Waals surface area contributed by atoms with Crippen molar-refractivity contribution in [1.82, 2.24) is 0 Å². The summed E-state index contributed by atoms with van der Waals surface area (Å²) in [6.45, 7) is 0. The smallest absolute Gasteiger partial charge is 0.0312 e. The third-order valence-corrected chi connectivity index (χ3v) is 7.72. The summed E-state index contributed by atoms with van der Waals surface area (Å²) < 4.78 is 0. The lowest BCUT2D eigenvalue weighted by molar-refractivity contribution is -0.350. The zero-order valence-electron chi connectivity index (χ0n) is 8.60. The molecule has 6 rings (SSSR count). The van der Waals surface area contributed by atoms with Crippen molar-refractivity contribution in [3.63, 3.8) is 0 Å². The summed E-state index contributed by atoms with van der Waals surface area (Å²) in [4.78, 5) is 0. The van der Waals surface area contributed by atoms with Gasteiger partial charge < -0.3 is 0 Å². The van der Waals surface area contributed by atoms with Crippen molar-refractivity contribution in [2.45, 2.75) is 25.7 Å². The van der Waals surface area contributed by atoms with E-state index in [-0.39, 0.29) is 0 Å². The van der Waals surface area contributed by atoms with Crippen molar-refractivity contribution in [3.8, 4) is 0 Å². The molecule has 0 spiro atoms. The molecule has 0 N–H and O–H groups in total. The van der Waals surface area contributed by atoms with Gasteiger partial charge in [0.05, 0.1) is 0 Å². The van der Waals surface area contributed by atoms with Crippen LogP contribution in [0, 0.1) is 59.2 Å². The van der Waals surface area contributed by atoms with E-state index in [1.54, 1.807) is 25.7 Å². The first kappa shape index (κ1) is 6.55. The summed E-state index contributed by atoms with van der Waals surface area (Å²) in [5.41, 5.74) is 0. The maximum absolute atomic E-state index is 1.67. The molecule has 6 saturated carbocycles. The quantitative estimate of drug-likeness (QED) is 0.545. The molecule has 14 heavy (non-hydrogen) atoms. The predicted molar refractivity (Wildman–Crippen MR) is 53.4 cm³/mol. The third kappa shape index (κ3) is 0.403. The van der Waals surface area contributed by atoms with Crippen LogP contribution in [0.1, 0.15) is 25.7 Å². The average molecular weight is 186 g/mol. The minimum absolute atomic E-state index is 1.20. The van der Waals surface area contributed by atoms with Gasteiger partial charge >= 0.3 is 0 Å². The van der Waals surface area contributed by atoms with Crippen LogP contribution in [0.4, 0.5) is 0 Å². The Morgan fingerprint density at radius 3 is 2.07 bits per heavy atom. The number of fused-ring (bicyclic) bond motifs is 4. The highest BCUT2D eigenvalue weighted by molar-refractivity contribution is 5.27. The Bertz CT molecular complexity index is 327. The molecular weight excluding hydrogens is 168 g/mol. The topological polar surface area (TPSA) is 0 Å². The standard InChI is InChI=1S/C14H18/c1-5-2-7-8(3-5)12-11(7)13-9-4-6(1)10(9)14(12)13/h5-14H,1-4H2. The first-order valence-corrected chi connectivity index (χ1v) is 6.93. The van der Waals surface area contributed by atoms with Crippen LogP contribution in [0.15, 0.2) is 0 Å². The normalized spacial score (nSPS) is 84.0. The minimum atomic E-state index is 1.20. The Balaban J connectivity index is 1.57. The second-order valence-corrected chi connectivity index (χ2v) is 7.45. The van der Waals surface area contributed by atoms with E-state index in [9.17, 15) is 0 Å². The Hall–Kier alpha value is 0. The van der Waals surface area contributed by atoms with Gasteiger partial charge in [-0.2, -0.15) is 0 Å². The monoisotopic (exact) mass is 186 g/mol. The van der Waals surface area contributed by atoms with Gasteiger partial charge in [-0.05, 0) is 84.9 Å². The lowest BCUT2D eigenvalue weighted by Gasteiger charge is -2.82. The maximum Gasteiger partial charge on any atom is -0.0312 e. The molecule has 0 heteroatoms. The van der Waals surface area contributed by atoms with E-state index in [0.717, 1.165) is 0 Å². The summed E-state index contributed by atoms with van der Waals surface area (Å²) in [6.07, 6.45) is 6.67. The molecule has 0 aromatic carbocycles. The molecule has 10 unspecified atom stereocenters. The number of hydrogen-bond acceptors (Lipinski definition) is 0. The second-order valence-electron chi connectivity index (χ2n) is 7.45. The van der Waals surface area contributed by atoms with Crippen LogP contribution in [-0.2, 0) is 0 Å². The summed E-state index contributed by atoms with van der Waals surface area (Å²) in [5.74, 6) is 12.7. The molecule has 0 saturated heterocycles. The lowest BCUT2D eigenvalue weighted by atomic mass is 9.22. The Labute approximate surface area is 85.4 Å². The van der Waals surface area contributed by atoms with Crippen molar-refractivity contribution < 1.29 is 0 Å². The van der Waals surface area contributed by atoms with E-state index < -0.39 is 0 Å². The van der Waals surface area contributed by atoms with Crippen LogP contribution < -0.4 is 0 Å². The maximum atomic E-state index is 1.67. The second kappa shape index (κ2) is 1.62. The SMILES string of the molecule is C1C2CC3C(C2)C2C3C3C4CC1C4C23. The van der Waals surface area contributed by atoms with Gasteiger partial charge in [-0.15, -0.1) is 0 Å². The van der Waals surface area contributed by atoms with E-state index in [1.165, 1.54) is 59.2 Å². The van der Waals surface area contributed by atoms with Crippen LogP contribution in [0.3, 0.4) is 0 Å². The Morgan fingerprint density at radius 1 is 0.500 bits per heavy atom. The fourth-order valence-electron chi connectivity index (χ4n) is 7.62. The molecule has 0 heterocycles. The van der Waals surface area contributed by atoms with Gasteiger partial charge in [0.2, 0.25) is 0 Å². The minimum Gasteiger partial charge on any atom is -0.0473 e. The van der Waals surface area contributed by atoms with Gasteiger partial charge in [-0.1, -0.05) is 0 Å². The van der Waals surface area contributed by atoms with Crippen LogP contribution in [0.25, 0.3) is 0 Å². The van der Waals surface area contributed by atoms with E-state index in [4.69, 9.17) is 0 Å². The molecule has 0 aromatic rings. The first-order valence-electron chi connectivity index (χ1n) is 6.93. The zero-order chi connectivity index (χ0) is 8.60. The predicted octanol–water partition coefficient (Wildman–Crippen LogP) is 2.79. The van der Waals surface area contributed by atoms with Crippen LogP contribution >= 0.6 is 0 Å². The van der Waals surface area contributed by atoms with Crippen molar-refractivity contribution in [1.29, 1.82) is 0 Å². The lowest BCUT2D eigenvalue weighted by Crippen LogP contribution is -2.78. The number of hydrogen-bond donors (Lipinski definition) is 0. The van der Waals surface area contributed by atoms with Gasteiger partial charge in [0.25, 0.3) is 0 Å². The number of rotatable bonds is 0. The van der Waals surface area contributed by atoms with Crippen molar-refractivity contribution in [3.05, 3.63) is 0 Å². The van der Waals surface area contributed by atoms with Crippen molar-refractivity contribution >= 4 is 0 Å². The molecule has 6 aliphatic rings. The van der Waals surface area contributed by atoms with Crippen LogP contribution in [-0.4, -0.2) is 0 Å². The highest BCUT2D eigenvalue weighted by atomic mass is 14.8. The third-order valence-electron chi connectivity index (χ3n) is 7.72. The van der Waals surface area contributed by atoms with Gasteiger partial charge in [-0.3, -0.25) is 0 Å².